The molecule has 0 bridgehead atoms. The Kier molecular flexibility index (Phi) is 9.90. The summed E-state index contributed by atoms with van der Waals surface area (Å²) in [5.41, 5.74) is 2.97. The zero-order valence-electron chi connectivity index (χ0n) is 22.4. The first-order chi connectivity index (χ1) is 18.4. The van der Waals surface area contributed by atoms with Crippen LogP contribution in [0, 0.1) is 17.8 Å². The Morgan fingerprint density at radius 2 is 1.71 bits per heavy atom. The van der Waals surface area contributed by atoms with Gasteiger partial charge in [0, 0.05) is 32.6 Å². The smallest absolute Gasteiger partial charge is 0.311 e. The summed E-state index contributed by atoms with van der Waals surface area (Å²) in [6.45, 7) is 7.64. The maximum Gasteiger partial charge on any atom is 0.311 e. The number of amides is 2. The van der Waals surface area contributed by atoms with E-state index in [2.05, 4.69) is 15.5 Å². The molecule has 8 nitrogen and oxygen atoms in total. The van der Waals surface area contributed by atoms with Gasteiger partial charge in [-0.15, -0.1) is 0 Å². The van der Waals surface area contributed by atoms with Gasteiger partial charge in [0.05, 0.1) is 25.0 Å². The normalized spacial score (nSPS) is 19.6. The molecule has 38 heavy (non-hydrogen) atoms. The molecule has 2 aliphatic heterocycles. The van der Waals surface area contributed by atoms with Crippen LogP contribution in [0.4, 0.5) is 0 Å². The second-order valence-corrected chi connectivity index (χ2v) is 10.6. The van der Waals surface area contributed by atoms with Crippen molar-refractivity contribution < 1.29 is 23.9 Å². The van der Waals surface area contributed by atoms with E-state index in [9.17, 15) is 14.4 Å². The molecule has 2 amide bonds. The van der Waals surface area contributed by atoms with Crippen LogP contribution in [0.5, 0.6) is 0 Å². The van der Waals surface area contributed by atoms with E-state index in [0.717, 1.165) is 16.7 Å². The van der Waals surface area contributed by atoms with Crippen LogP contribution >= 0.6 is 0 Å². The number of esters is 1. The van der Waals surface area contributed by atoms with Crippen LogP contribution in [-0.2, 0) is 43.4 Å². The average molecular weight is 522 g/mol. The summed E-state index contributed by atoms with van der Waals surface area (Å²) in [5.74, 6) is -2.02. The van der Waals surface area contributed by atoms with Gasteiger partial charge in [0.1, 0.15) is 12.6 Å². The van der Waals surface area contributed by atoms with Crippen molar-refractivity contribution in [1.82, 2.24) is 15.5 Å². The third-order valence-corrected chi connectivity index (χ3v) is 7.26. The average Bonchev–Trinajstić information content (AvgIpc) is 3.08. The van der Waals surface area contributed by atoms with Crippen molar-refractivity contribution in [2.75, 3.05) is 32.8 Å². The molecule has 0 spiro atoms. The van der Waals surface area contributed by atoms with Crippen LogP contribution in [0.1, 0.15) is 37.0 Å². The zero-order valence-corrected chi connectivity index (χ0v) is 22.4. The molecule has 1 saturated heterocycles. The fraction of sp³-hybridized carbons (Fsp3) is 0.500. The van der Waals surface area contributed by atoms with Gasteiger partial charge in [-0.2, -0.15) is 0 Å². The molecule has 0 saturated carbocycles. The van der Waals surface area contributed by atoms with Crippen molar-refractivity contribution in [2.45, 2.75) is 45.9 Å². The molecule has 0 radical (unpaired) electrons. The lowest BCUT2D eigenvalue weighted by atomic mass is 9.83. The number of ether oxygens (including phenoxy) is 2. The highest BCUT2D eigenvalue weighted by Gasteiger charge is 2.38. The van der Waals surface area contributed by atoms with Crippen molar-refractivity contribution in [3.05, 3.63) is 71.3 Å². The Morgan fingerprint density at radius 3 is 2.42 bits per heavy atom. The standard InChI is InChI=1S/C30H39N3O5/c1-21(2)16-25(28(34)32-27-17-23-10-6-7-11-24(23)18-31-29(27)35)26(19-33-12-14-37-15-13-33)30(36)38-20-22-8-4-3-5-9-22/h3-11,21,25-27H,12-20H2,1-2H3,(H,31,35)(H,32,34)/t25-,26?,27+/m1/s1. The summed E-state index contributed by atoms with van der Waals surface area (Å²) in [6, 6.07) is 16.7. The highest BCUT2D eigenvalue weighted by molar-refractivity contribution is 5.91. The number of rotatable bonds is 10. The molecule has 2 aromatic carbocycles. The number of hydrogen-bond donors (Lipinski definition) is 2. The van der Waals surface area contributed by atoms with Gasteiger partial charge in [-0.05, 0) is 29.0 Å². The van der Waals surface area contributed by atoms with Gasteiger partial charge in [-0.1, -0.05) is 68.4 Å². The van der Waals surface area contributed by atoms with Crippen LogP contribution in [0.25, 0.3) is 0 Å². The van der Waals surface area contributed by atoms with Crippen molar-refractivity contribution in [2.24, 2.45) is 17.8 Å². The number of fused-ring (bicyclic) bond motifs is 1. The number of carbonyl (C=O) groups excluding carboxylic acids is 3. The van der Waals surface area contributed by atoms with Gasteiger partial charge >= 0.3 is 5.97 Å². The quantitative estimate of drug-likeness (QED) is 0.467. The Labute approximate surface area is 225 Å². The summed E-state index contributed by atoms with van der Waals surface area (Å²) in [4.78, 5) is 42.5. The van der Waals surface area contributed by atoms with Gasteiger partial charge in [0.25, 0.3) is 0 Å². The van der Waals surface area contributed by atoms with Gasteiger partial charge in [0.2, 0.25) is 11.8 Å². The Morgan fingerprint density at radius 1 is 1.03 bits per heavy atom. The molecule has 2 aliphatic rings. The van der Waals surface area contributed by atoms with Crippen molar-refractivity contribution in [3.8, 4) is 0 Å². The van der Waals surface area contributed by atoms with E-state index in [-0.39, 0.29) is 24.3 Å². The lowest BCUT2D eigenvalue weighted by Crippen LogP contribution is -2.52. The number of hydrogen-bond acceptors (Lipinski definition) is 6. The predicted molar refractivity (Wildman–Crippen MR) is 144 cm³/mol. The van der Waals surface area contributed by atoms with E-state index < -0.39 is 23.8 Å². The highest BCUT2D eigenvalue weighted by atomic mass is 16.5. The second kappa shape index (κ2) is 13.5. The highest BCUT2D eigenvalue weighted by Crippen LogP contribution is 2.26. The monoisotopic (exact) mass is 521 g/mol. The molecule has 0 aliphatic carbocycles. The number of benzene rings is 2. The first-order valence-electron chi connectivity index (χ1n) is 13.6. The van der Waals surface area contributed by atoms with E-state index in [1.165, 1.54) is 0 Å². The SMILES string of the molecule is CC(C)C[C@@H](C(=O)N[C@H]1Cc2ccccc2CNC1=O)C(CN1CCOCC1)C(=O)OCc1ccccc1. The molecule has 2 aromatic rings. The van der Waals surface area contributed by atoms with Crippen molar-refractivity contribution in [3.63, 3.8) is 0 Å². The molecule has 1 unspecified atom stereocenters. The maximum atomic E-state index is 13.8. The Bertz CT molecular complexity index is 1080. The summed E-state index contributed by atoms with van der Waals surface area (Å²) in [6.07, 6.45) is 0.918. The fourth-order valence-corrected chi connectivity index (χ4v) is 5.17. The van der Waals surface area contributed by atoms with Gasteiger partial charge in [0.15, 0.2) is 0 Å². The van der Waals surface area contributed by atoms with Crippen LogP contribution in [0.3, 0.4) is 0 Å². The first-order valence-corrected chi connectivity index (χ1v) is 13.6. The number of nitrogens with zero attached hydrogens (tertiary/aromatic N) is 1. The lowest BCUT2D eigenvalue weighted by Gasteiger charge is -2.33. The summed E-state index contributed by atoms with van der Waals surface area (Å²) < 4.78 is 11.3. The van der Waals surface area contributed by atoms with Crippen LogP contribution in [0.2, 0.25) is 0 Å². The number of nitrogens with one attached hydrogen (secondary N) is 2. The van der Waals surface area contributed by atoms with Crippen LogP contribution in [-0.4, -0.2) is 61.6 Å². The van der Waals surface area contributed by atoms with Gasteiger partial charge in [-0.3, -0.25) is 19.3 Å². The molecular weight excluding hydrogens is 482 g/mol. The third kappa shape index (κ3) is 7.65. The molecule has 2 N–H and O–H groups in total. The van der Waals surface area contributed by atoms with E-state index in [0.29, 0.717) is 52.2 Å². The lowest BCUT2D eigenvalue weighted by molar-refractivity contribution is -0.156. The molecule has 204 valence electrons. The van der Waals surface area contributed by atoms with E-state index in [1.807, 2.05) is 68.4 Å². The van der Waals surface area contributed by atoms with Crippen molar-refractivity contribution in [1.29, 1.82) is 0 Å². The van der Waals surface area contributed by atoms with Crippen molar-refractivity contribution >= 4 is 17.8 Å². The molecular formula is C30H39N3O5. The Hall–Kier alpha value is -3.23. The minimum absolute atomic E-state index is 0.150. The summed E-state index contributed by atoms with van der Waals surface area (Å²) in [5, 5.41) is 5.92. The molecule has 2 heterocycles. The molecule has 3 atom stereocenters. The number of morpholine rings is 1. The summed E-state index contributed by atoms with van der Waals surface area (Å²) >= 11 is 0. The number of carbonyl (C=O) groups is 3. The van der Waals surface area contributed by atoms with E-state index >= 15 is 0 Å². The molecule has 4 rings (SSSR count). The maximum absolute atomic E-state index is 13.8. The van der Waals surface area contributed by atoms with Gasteiger partial charge < -0.3 is 20.1 Å². The topological polar surface area (TPSA) is 97.0 Å². The first kappa shape index (κ1) is 27.8. The fourth-order valence-electron chi connectivity index (χ4n) is 5.17. The van der Waals surface area contributed by atoms with Crippen LogP contribution in [0.15, 0.2) is 54.6 Å². The predicted octanol–water partition coefficient (Wildman–Crippen LogP) is 2.70. The molecule has 1 fully saturated rings. The van der Waals surface area contributed by atoms with E-state index in [4.69, 9.17) is 9.47 Å². The minimum Gasteiger partial charge on any atom is -0.461 e. The van der Waals surface area contributed by atoms with Crippen LogP contribution < -0.4 is 10.6 Å². The molecule has 0 aromatic heterocycles. The second-order valence-electron chi connectivity index (χ2n) is 10.6. The zero-order chi connectivity index (χ0) is 26.9. The summed E-state index contributed by atoms with van der Waals surface area (Å²) in [7, 11) is 0. The third-order valence-electron chi connectivity index (χ3n) is 7.26. The Balaban J connectivity index is 1.53. The molecule has 8 heteroatoms. The minimum atomic E-state index is -0.704. The largest absolute Gasteiger partial charge is 0.461 e. The van der Waals surface area contributed by atoms with Gasteiger partial charge in [-0.25, -0.2) is 0 Å². The van der Waals surface area contributed by atoms with E-state index in [1.54, 1.807) is 0 Å².